The van der Waals surface area contributed by atoms with Gasteiger partial charge in [-0.3, -0.25) is 9.89 Å². The normalized spacial score (nSPS) is 19.2. The first-order valence-corrected chi connectivity index (χ1v) is 8.00. The van der Waals surface area contributed by atoms with Crippen LogP contribution in [0.15, 0.2) is 29.8 Å². The number of aryl methyl sites for hydroxylation is 1. The highest BCUT2D eigenvalue weighted by molar-refractivity contribution is 7.09. The van der Waals surface area contributed by atoms with Crippen LogP contribution in [0.25, 0.3) is 0 Å². The molecule has 5 heteroatoms. The van der Waals surface area contributed by atoms with Crippen molar-refractivity contribution in [3.63, 3.8) is 0 Å². The van der Waals surface area contributed by atoms with E-state index < -0.39 is 0 Å². The molecule has 3 rings (SSSR count). The van der Waals surface area contributed by atoms with Crippen LogP contribution in [0.3, 0.4) is 0 Å². The summed E-state index contributed by atoms with van der Waals surface area (Å²) in [6.07, 6.45) is 5.48. The van der Waals surface area contributed by atoms with E-state index in [4.69, 9.17) is 0 Å². The van der Waals surface area contributed by atoms with Gasteiger partial charge in [-0.1, -0.05) is 6.07 Å². The average Bonchev–Trinajstić information content (AvgIpc) is 3.18. The number of carbonyl (C=O) groups excluding carboxylic acids is 1. The SMILES string of the molecule is O=C(CCc1cccs1)N1CCCC(c2ccn[nH]2)C1. The van der Waals surface area contributed by atoms with Gasteiger partial charge in [0, 0.05) is 42.2 Å². The average molecular weight is 289 g/mol. The van der Waals surface area contributed by atoms with Crippen molar-refractivity contribution in [3.8, 4) is 0 Å². The van der Waals surface area contributed by atoms with Crippen molar-refractivity contribution in [1.29, 1.82) is 0 Å². The van der Waals surface area contributed by atoms with Gasteiger partial charge in [0.2, 0.25) is 5.91 Å². The first-order valence-electron chi connectivity index (χ1n) is 7.12. The molecule has 1 aliphatic rings. The number of piperidine rings is 1. The summed E-state index contributed by atoms with van der Waals surface area (Å²) in [6.45, 7) is 1.72. The van der Waals surface area contributed by atoms with Crippen molar-refractivity contribution in [2.24, 2.45) is 0 Å². The Bertz CT molecular complexity index is 535. The van der Waals surface area contributed by atoms with Crippen molar-refractivity contribution < 1.29 is 4.79 Å². The minimum absolute atomic E-state index is 0.280. The topological polar surface area (TPSA) is 49.0 Å². The van der Waals surface area contributed by atoms with Gasteiger partial charge in [-0.15, -0.1) is 11.3 Å². The van der Waals surface area contributed by atoms with Crippen molar-refractivity contribution in [2.45, 2.75) is 31.6 Å². The van der Waals surface area contributed by atoms with Crippen LogP contribution >= 0.6 is 11.3 Å². The number of aromatic amines is 1. The van der Waals surface area contributed by atoms with Gasteiger partial charge in [0.1, 0.15) is 0 Å². The highest BCUT2D eigenvalue weighted by atomic mass is 32.1. The van der Waals surface area contributed by atoms with E-state index >= 15 is 0 Å². The minimum Gasteiger partial charge on any atom is -0.342 e. The molecule has 0 aliphatic carbocycles. The lowest BCUT2D eigenvalue weighted by Crippen LogP contribution is -2.39. The third-order valence-electron chi connectivity index (χ3n) is 3.90. The number of aromatic nitrogens is 2. The van der Waals surface area contributed by atoms with Crippen LogP contribution in [-0.2, 0) is 11.2 Å². The lowest BCUT2D eigenvalue weighted by atomic mass is 9.94. The molecular weight excluding hydrogens is 270 g/mol. The predicted molar refractivity (Wildman–Crippen MR) is 79.8 cm³/mol. The van der Waals surface area contributed by atoms with Gasteiger partial charge in [0.15, 0.2) is 0 Å². The number of hydrogen-bond acceptors (Lipinski definition) is 3. The maximum Gasteiger partial charge on any atom is 0.222 e. The summed E-state index contributed by atoms with van der Waals surface area (Å²) in [7, 11) is 0. The van der Waals surface area contributed by atoms with Crippen LogP contribution in [0.2, 0.25) is 0 Å². The van der Waals surface area contributed by atoms with Crippen LogP contribution < -0.4 is 0 Å². The quantitative estimate of drug-likeness (QED) is 0.941. The largest absolute Gasteiger partial charge is 0.342 e. The number of likely N-dealkylation sites (tertiary alicyclic amines) is 1. The van der Waals surface area contributed by atoms with Crippen molar-refractivity contribution >= 4 is 17.2 Å². The molecule has 1 unspecified atom stereocenters. The molecule has 1 aliphatic heterocycles. The second-order valence-electron chi connectivity index (χ2n) is 5.27. The zero-order valence-electron chi connectivity index (χ0n) is 11.4. The fourth-order valence-electron chi connectivity index (χ4n) is 2.79. The Kier molecular flexibility index (Phi) is 4.16. The number of nitrogens with one attached hydrogen (secondary N) is 1. The first kappa shape index (κ1) is 13.4. The van der Waals surface area contributed by atoms with Gasteiger partial charge in [-0.25, -0.2) is 0 Å². The highest BCUT2D eigenvalue weighted by Gasteiger charge is 2.25. The van der Waals surface area contributed by atoms with E-state index in [0.717, 1.165) is 38.0 Å². The third kappa shape index (κ3) is 3.10. The molecule has 1 fully saturated rings. The van der Waals surface area contributed by atoms with Gasteiger partial charge in [-0.05, 0) is 36.8 Å². The fraction of sp³-hybridized carbons (Fsp3) is 0.467. The van der Waals surface area contributed by atoms with Gasteiger partial charge in [0.05, 0.1) is 0 Å². The Balaban J connectivity index is 1.55. The monoisotopic (exact) mass is 289 g/mol. The number of nitrogens with zero attached hydrogens (tertiary/aromatic N) is 2. The van der Waals surface area contributed by atoms with E-state index in [1.165, 1.54) is 4.88 Å². The third-order valence-corrected chi connectivity index (χ3v) is 4.84. The van der Waals surface area contributed by atoms with Crippen molar-refractivity contribution in [2.75, 3.05) is 13.1 Å². The number of rotatable bonds is 4. The standard InChI is InChI=1S/C15H19N3OS/c19-15(6-5-13-4-2-10-20-13)18-9-1-3-12(11-18)14-7-8-16-17-14/h2,4,7-8,10,12H,1,3,5-6,9,11H2,(H,16,17). The molecule has 0 saturated carbocycles. The summed E-state index contributed by atoms with van der Waals surface area (Å²) >= 11 is 1.73. The molecule has 4 nitrogen and oxygen atoms in total. The molecule has 3 heterocycles. The number of H-pyrrole nitrogens is 1. The van der Waals surface area contributed by atoms with E-state index in [1.807, 2.05) is 17.0 Å². The molecule has 1 N–H and O–H groups in total. The molecule has 1 atom stereocenters. The molecule has 2 aromatic rings. The van der Waals surface area contributed by atoms with Gasteiger partial charge < -0.3 is 4.90 Å². The zero-order valence-corrected chi connectivity index (χ0v) is 12.2. The van der Waals surface area contributed by atoms with Crippen LogP contribution in [0.1, 0.15) is 35.8 Å². The molecule has 1 saturated heterocycles. The number of carbonyl (C=O) groups is 1. The Morgan fingerprint density at radius 2 is 2.45 bits per heavy atom. The Morgan fingerprint density at radius 3 is 3.20 bits per heavy atom. The van der Waals surface area contributed by atoms with Gasteiger partial charge in [-0.2, -0.15) is 5.10 Å². The molecule has 0 radical (unpaired) electrons. The van der Waals surface area contributed by atoms with Crippen LogP contribution in [0.4, 0.5) is 0 Å². The Hall–Kier alpha value is -1.62. The Labute approximate surface area is 122 Å². The first-order chi connectivity index (χ1) is 9.83. The van der Waals surface area contributed by atoms with Gasteiger partial charge >= 0.3 is 0 Å². The molecule has 20 heavy (non-hydrogen) atoms. The maximum absolute atomic E-state index is 12.3. The Morgan fingerprint density at radius 1 is 1.50 bits per heavy atom. The molecule has 2 aromatic heterocycles. The van der Waals surface area contributed by atoms with E-state index in [2.05, 4.69) is 21.6 Å². The molecular formula is C15H19N3OS. The van der Waals surface area contributed by atoms with Crippen LogP contribution in [0, 0.1) is 0 Å². The molecule has 0 bridgehead atoms. The minimum atomic E-state index is 0.280. The summed E-state index contributed by atoms with van der Waals surface area (Å²) in [5.74, 6) is 0.694. The summed E-state index contributed by atoms with van der Waals surface area (Å²) in [6, 6.07) is 6.16. The molecule has 0 aromatic carbocycles. The smallest absolute Gasteiger partial charge is 0.222 e. The van der Waals surface area contributed by atoms with Crippen molar-refractivity contribution in [1.82, 2.24) is 15.1 Å². The van der Waals surface area contributed by atoms with Crippen LogP contribution in [0.5, 0.6) is 0 Å². The number of hydrogen-bond donors (Lipinski definition) is 1. The lowest BCUT2D eigenvalue weighted by Gasteiger charge is -2.32. The van der Waals surface area contributed by atoms with Gasteiger partial charge in [0.25, 0.3) is 0 Å². The second-order valence-corrected chi connectivity index (χ2v) is 6.30. The van der Waals surface area contributed by atoms with E-state index in [9.17, 15) is 4.79 Å². The van der Waals surface area contributed by atoms with Crippen molar-refractivity contribution in [3.05, 3.63) is 40.3 Å². The van der Waals surface area contributed by atoms with E-state index in [1.54, 1.807) is 17.5 Å². The van der Waals surface area contributed by atoms with E-state index in [-0.39, 0.29) is 5.91 Å². The fourth-order valence-corrected chi connectivity index (χ4v) is 3.50. The number of amides is 1. The summed E-state index contributed by atoms with van der Waals surface area (Å²) in [4.78, 5) is 15.6. The summed E-state index contributed by atoms with van der Waals surface area (Å²) < 4.78 is 0. The predicted octanol–water partition coefficient (Wildman–Crippen LogP) is 2.81. The lowest BCUT2D eigenvalue weighted by molar-refractivity contribution is -0.132. The summed E-state index contributed by atoms with van der Waals surface area (Å²) in [5.41, 5.74) is 1.15. The van der Waals surface area contributed by atoms with Crippen LogP contribution in [-0.4, -0.2) is 34.1 Å². The summed E-state index contributed by atoms with van der Waals surface area (Å²) in [5, 5.41) is 9.11. The second kappa shape index (κ2) is 6.22. The zero-order chi connectivity index (χ0) is 13.8. The van der Waals surface area contributed by atoms with E-state index in [0.29, 0.717) is 12.3 Å². The molecule has 106 valence electrons. The molecule has 1 amide bonds. The maximum atomic E-state index is 12.3. The molecule has 0 spiro atoms. The highest BCUT2D eigenvalue weighted by Crippen LogP contribution is 2.25. The number of thiophene rings is 1.